The molecule has 0 amide bonds. The summed E-state index contributed by atoms with van der Waals surface area (Å²) in [6.45, 7) is 3.62. The summed E-state index contributed by atoms with van der Waals surface area (Å²) < 4.78 is 19.5. The minimum atomic E-state index is -0.378. The van der Waals surface area contributed by atoms with E-state index in [1.165, 1.54) is 0 Å². The van der Waals surface area contributed by atoms with E-state index in [1.54, 1.807) is 31.2 Å². The van der Waals surface area contributed by atoms with E-state index < -0.39 is 0 Å². The standard InChI is InChI=1S/C15H14FNOS/c1-9-6-7-12(11(8-9)15(17)19)18-13-5-3-4-10(2)14(13)16/h3-8H,1-2H3,(H2,17,19). The van der Waals surface area contributed by atoms with Gasteiger partial charge in [0.15, 0.2) is 11.6 Å². The maximum atomic E-state index is 13.9. The van der Waals surface area contributed by atoms with E-state index in [2.05, 4.69) is 0 Å². The summed E-state index contributed by atoms with van der Waals surface area (Å²) in [6.07, 6.45) is 0. The van der Waals surface area contributed by atoms with Crippen LogP contribution in [0.3, 0.4) is 0 Å². The molecule has 0 spiro atoms. The molecule has 0 unspecified atom stereocenters. The molecule has 0 fully saturated rings. The fourth-order valence-corrected chi connectivity index (χ4v) is 1.90. The zero-order chi connectivity index (χ0) is 14.0. The first kappa shape index (κ1) is 13.5. The summed E-state index contributed by atoms with van der Waals surface area (Å²) >= 11 is 4.99. The number of rotatable bonds is 3. The first-order valence-corrected chi connectivity index (χ1v) is 6.23. The molecular formula is C15H14FNOS. The molecule has 98 valence electrons. The Morgan fingerprint density at radius 2 is 1.89 bits per heavy atom. The van der Waals surface area contributed by atoms with Gasteiger partial charge in [0, 0.05) is 0 Å². The summed E-state index contributed by atoms with van der Waals surface area (Å²) in [5, 5.41) is 0. The fourth-order valence-electron chi connectivity index (χ4n) is 1.74. The molecule has 2 rings (SSSR count). The third-order valence-corrected chi connectivity index (χ3v) is 3.00. The number of hydrogen-bond donors (Lipinski definition) is 1. The van der Waals surface area contributed by atoms with Gasteiger partial charge < -0.3 is 10.5 Å². The predicted octanol–water partition coefficient (Wildman–Crippen LogP) is 3.87. The van der Waals surface area contributed by atoms with Crippen molar-refractivity contribution in [3.05, 3.63) is 58.9 Å². The Kier molecular flexibility index (Phi) is 3.81. The largest absolute Gasteiger partial charge is 0.454 e. The minimum absolute atomic E-state index is 0.168. The molecule has 0 aliphatic carbocycles. The average molecular weight is 275 g/mol. The van der Waals surface area contributed by atoms with Gasteiger partial charge in [0.2, 0.25) is 0 Å². The lowest BCUT2D eigenvalue weighted by Gasteiger charge is -2.12. The third kappa shape index (κ3) is 2.90. The van der Waals surface area contributed by atoms with Gasteiger partial charge in [0.25, 0.3) is 0 Å². The number of hydrogen-bond acceptors (Lipinski definition) is 2. The molecule has 0 heterocycles. The molecular weight excluding hydrogens is 261 g/mol. The molecule has 4 heteroatoms. The Morgan fingerprint density at radius 1 is 1.16 bits per heavy atom. The van der Waals surface area contributed by atoms with Crippen molar-refractivity contribution in [3.8, 4) is 11.5 Å². The molecule has 2 nitrogen and oxygen atoms in total. The number of thiocarbonyl (C=S) groups is 1. The number of halogens is 1. The van der Waals surface area contributed by atoms with Crippen LogP contribution in [0.4, 0.5) is 4.39 Å². The fraction of sp³-hybridized carbons (Fsp3) is 0.133. The Balaban J connectivity index is 2.44. The van der Waals surface area contributed by atoms with Gasteiger partial charge in [0.05, 0.1) is 5.56 Å². The van der Waals surface area contributed by atoms with E-state index in [0.717, 1.165) is 5.56 Å². The van der Waals surface area contributed by atoms with Crippen molar-refractivity contribution in [1.29, 1.82) is 0 Å². The smallest absolute Gasteiger partial charge is 0.168 e. The molecule has 2 N–H and O–H groups in total. The zero-order valence-electron chi connectivity index (χ0n) is 10.7. The lowest BCUT2D eigenvalue weighted by Crippen LogP contribution is -2.11. The Bertz CT molecular complexity index is 640. The monoisotopic (exact) mass is 275 g/mol. The number of benzene rings is 2. The van der Waals surface area contributed by atoms with Gasteiger partial charge in [-0.25, -0.2) is 4.39 Å². The Labute approximate surface area is 117 Å². The highest BCUT2D eigenvalue weighted by atomic mass is 32.1. The van der Waals surface area contributed by atoms with Gasteiger partial charge >= 0.3 is 0 Å². The number of aryl methyl sites for hydroxylation is 2. The van der Waals surface area contributed by atoms with Crippen molar-refractivity contribution in [2.45, 2.75) is 13.8 Å². The lowest BCUT2D eigenvalue weighted by atomic mass is 10.1. The molecule has 0 aliphatic heterocycles. The van der Waals surface area contributed by atoms with Crippen molar-refractivity contribution in [1.82, 2.24) is 0 Å². The maximum absolute atomic E-state index is 13.9. The van der Waals surface area contributed by atoms with Crippen LogP contribution in [0.15, 0.2) is 36.4 Å². The van der Waals surface area contributed by atoms with Crippen molar-refractivity contribution >= 4 is 17.2 Å². The van der Waals surface area contributed by atoms with Crippen LogP contribution in [0, 0.1) is 19.7 Å². The Morgan fingerprint density at radius 3 is 2.58 bits per heavy atom. The third-order valence-electron chi connectivity index (χ3n) is 2.78. The van der Waals surface area contributed by atoms with Crippen LogP contribution in [0.1, 0.15) is 16.7 Å². The second-order valence-corrected chi connectivity index (χ2v) is 4.79. The van der Waals surface area contributed by atoms with Crippen molar-refractivity contribution in [3.63, 3.8) is 0 Å². The van der Waals surface area contributed by atoms with Crippen LogP contribution in [0.5, 0.6) is 11.5 Å². The molecule has 0 aliphatic rings. The van der Waals surface area contributed by atoms with Crippen molar-refractivity contribution in [2.24, 2.45) is 5.73 Å². The van der Waals surface area contributed by atoms with Gasteiger partial charge in [-0.3, -0.25) is 0 Å². The molecule has 0 radical (unpaired) electrons. The lowest BCUT2D eigenvalue weighted by molar-refractivity contribution is 0.439. The van der Waals surface area contributed by atoms with Gasteiger partial charge in [-0.2, -0.15) is 0 Å². The molecule has 0 bridgehead atoms. The molecule has 0 atom stereocenters. The molecule has 0 saturated heterocycles. The predicted molar refractivity (Wildman–Crippen MR) is 78.3 cm³/mol. The summed E-state index contributed by atoms with van der Waals surface area (Å²) in [7, 11) is 0. The average Bonchev–Trinajstić information content (AvgIpc) is 2.36. The van der Waals surface area contributed by atoms with E-state index in [0.29, 0.717) is 16.9 Å². The molecule has 0 saturated carbocycles. The second-order valence-electron chi connectivity index (χ2n) is 4.35. The van der Waals surface area contributed by atoms with Gasteiger partial charge in [0.1, 0.15) is 10.7 Å². The Hall–Kier alpha value is -1.94. The molecule has 19 heavy (non-hydrogen) atoms. The highest BCUT2D eigenvalue weighted by Crippen LogP contribution is 2.29. The van der Waals surface area contributed by atoms with Gasteiger partial charge in [-0.15, -0.1) is 0 Å². The summed E-state index contributed by atoms with van der Waals surface area (Å²) in [6, 6.07) is 10.4. The summed E-state index contributed by atoms with van der Waals surface area (Å²) in [5.74, 6) is 0.251. The SMILES string of the molecule is Cc1ccc(Oc2cccc(C)c2F)c(C(N)=S)c1. The van der Waals surface area contributed by atoms with Crippen LogP contribution < -0.4 is 10.5 Å². The first-order valence-electron chi connectivity index (χ1n) is 5.82. The molecule has 0 aromatic heterocycles. The highest BCUT2D eigenvalue weighted by molar-refractivity contribution is 7.80. The number of nitrogens with two attached hydrogens (primary N) is 1. The zero-order valence-corrected chi connectivity index (χ0v) is 11.6. The van der Waals surface area contributed by atoms with Gasteiger partial charge in [-0.1, -0.05) is 36.0 Å². The van der Waals surface area contributed by atoms with Crippen LogP contribution in [-0.4, -0.2) is 4.99 Å². The van der Waals surface area contributed by atoms with E-state index >= 15 is 0 Å². The topological polar surface area (TPSA) is 35.2 Å². The van der Waals surface area contributed by atoms with Crippen LogP contribution in [0.2, 0.25) is 0 Å². The van der Waals surface area contributed by atoms with E-state index in [-0.39, 0.29) is 16.6 Å². The quantitative estimate of drug-likeness (QED) is 0.864. The molecule has 2 aromatic carbocycles. The second kappa shape index (κ2) is 5.36. The van der Waals surface area contributed by atoms with Crippen LogP contribution in [-0.2, 0) is 0 Å². The maximum Gasteiger partial charge on any atom is 0.168 e. The van der Waals surface area contributed by atoms with Crippen molar-refractivity contribution in [2.75, 3.05) is 0 Å². The van der Waals surface area contributed by atoms with Crippen molar-refractivity contribution < 1.29 is 9.13 Å². The minimum Gasteiger partial charge on any atom is -0.454 e. The van der Waals surface area contributed by atoms with E-state index in [4.69, 9.17) is 22.7 Å². The van der Waals surface area contributed by atoms with Gasteiger partial charge in [-0.05, 0) is 37.6 Å². The van der Waals surface area contributed by atoms with E-state index in [9.17, 15) is 4.39 Å². The van der Waals surface area contributed by atoms with Crippen LogP contribution >= 0.6 is 12.2 Å². The first-order chi connectivity index (χ1) is 8.99. The van der Waals surface area contributed by atoms with E-state index in [1.807, 2.05) is 19.1 Å². The summed E-state index contributed by atoms with van der Waals surface area (Å²) in [5.41, 5.74) is 7.81. The highest BCUT2D eigenvalue weighted by Gasteiger charge is 2.11. The summed E-state index contributed by atoms with van der Waals surface area (Å²) in [4.78, 5) is 0.228. The van der Waals surface area contributed by atoms with Crippen LogP contribution in [0.25, 0.3) is 0 Å². The number of ether oxygens (including phenoxy) is 1. The molecule has 2 aromatic rings. The normalized spacial score (nSPS) is 10.3.